The van der Waals surface area contributed by atoms with E-state index in [0.29, 0.717) is 17.4 Å². The first-order chi connectivity index (χ1) is 9.72. The number of hydrogen-bond acceptors (Lipinski definition) is 2. The Bertz CT molecular complexity index is 497. The molecule has 1 aromatic carbocycles. The summed E-state index contributed by atoms with van der Waals surface area (Å²) in [6.45, 7) is 0.787. The average molecular weight is 294 g/mol. The summed E-state index contributed by atoms with van der Waals surface area (Å²) in [5.74, 6) is 1.43. The van der Waals surface area contributed by atoms with E-state index in [2.05, 4.69) is 5.32 Å². The zero-order valence-corrected chi connectivity index (χ0v) is 12.3. The maximum Gasteiger partial charge on any atom is 0.261 e. The Labute approximate surface area is 124 Å². The van der Waals surface area contributed by atoms with Crippen LogP contribution in [0.25, 0.3) is 0 Å². The fourth-order valence-corrected chi connectivity index (χ4v) is 3.31. The Morgan fingerprint density at radius 1 is 1.30 bits per heavy atom. The molecule has 1 aliphatic carbocycles. The lowest BCUT2D eigenvalue weighted by Gasteiger charge is -2.22. The maximum atomic E-state index is 12.2. The molecule has 0 saturated heterocycles. The van der Waals surface area contributed by atoms with Gasteiger partial charge in [0.2, 0.25) is 0 Å². The average Bonchev–Trinajstić information content (AvgIpc) is 2.89. The van der Waals surface area contributed by atoms with Crippen molar-refractivity contribution in [2.24, 2.45) is 5.92 Å². The van der Waals surface area contributed by atoms with Crippen molar-refractivity contribution >= 4 is 17.5 Å². The lowest BCUT2D eigenvalue weighted by Crippen LogP contribution is -2.40. The van der Waals surface area contributed by atoms with Gasteiger partial charge in [-0.2, -0.15) is 0 Å². The number of benzene rings is 1. The lowest BCUT2D eigenvalue weighted by molar-refractivity contribution is -0.127. The normalized spacial score (nSPS) is 22.1. The van der Waals surface area contributed by atoms with E-state index < -0.39 is 6.10 Å². The van der Waals surface area contributed by atoms with Gasteiger partial charge in [0.25, 0.3) is 5.91 Å². The van der Waals surface area contributed by atoms with Crippen LogP contribution in [0.3, 0.4) is 0 Å². The number of halogens is 1. The zero-order chi connectivity index (χ0) is 13.9. The molecule has 0 bridgehead atoms. The third-order valence-electron chi connectivity index (χ3n) is 4.28. The van der Waals surface area contributed by atoms with Gasteiger partial charge in [-0.05, 0) is 42.5 Å². The van der Waals surface area contributed by atoms with Crippen LogP contribution in [0.5, 0.6) is 5.75 Å². The number of carbonyl (C=O) groups is 1. The fraction of sp³-hybridized carbons (Fsp3) is 0.562. The molecular formula is C16H20ClNO2. The van der Waals surface area contributed by atoms with Crippen molar-refractivity contribution in [3.63, 3.8) is 0 Å². The predicted octanol–water partition coefficient (Wildman–Crippen LogP) is 3.34. The topological polar surface area (TPSA) is 38.3 Å². The quantitative estimate of drug-likeness (QED) is 0.928. The zero-order valence-electron chi connectivity index (χ0n) is 11.5. The first-order valence-corrected chi connectivity index (χ1v) is 7.83. The molecule has 1 N–H and O–H groups in total. The third-order valence-corrected chi connectivity index (χ3v) is 4.51. The Morgan fingerprint density at radius 2 is 2.10 bits per heavy atom. The van der Waals surface area contributed by atoms with Crippen molar-refractivity contribution in [2.45, 2.75) is 44.6 Å². The van der Waals surface area contributed by atoms with Crippen molar-refractivity contribution in [1.82, 2.24) is 5.32 Å². The van der Waals surface area contributed by atoms with Crippen LogP contribution in [-0.4, -0.2) is 18.6 Å². The van der Waals surface area contributed by atoms with Gasteiger partial charge in [0.15, 0.2) is 6.10 Å². The van der Waals surface area contributed by atoms with E-state index in [1.54, 1.807) is 6.07 Å². The second-order valence-electron chi connectivity index (χ2n) is 5.81. The highest BCUT2D eigenvalue weighted by Crippen LogP contribution is 2.31. The predicted molar refractivity (Wildman–Crippen MR) is 79.2 cm³/mol. The van der Waals surface area contributed by atoms with Crippen LogP contribution in [0.4, 0.5) is 0 Å². The summed E-state index contributed by atoms with van der Waals surface area (Å²) in [4.78, 5) is 12.2. The van der Waals surface area contributed by atoms with Gasteiger partial charge >= 0.3 is 0 Å². The number of rotatable bonds is 3. The van der Waals surface area contributed by atoms with Crippen LogP contribution < -0.4 is 10.1 Å². The maximum absolute atomic E-state index is 12.2. The van der Waals surface area contributed by atoms with Gasteiger partial charge in [0.05, 0.1) is 0 Å². The van der Waals surface area contributed by atoms with Crippen molar-refractivity contribution < 1.29 is 9.53 Å². The van der Waals surface area contributed by atoms with E-state index in [0.717, 1.165) is 17.9 Å². The molecule has 1 aromatic rings. The van der Waals surface area contributed by atoms with Crippen molar-refractivity contribution in [1.29, 1.82) is 0 Å². The van der Waals surface area contributed by atoms with Crippen molar-refractivity contribution in [3.05, 3.63) is 28.8 Å². The van der Waals surface area contributed by atoms with E-state index >= 15 is 0 Å². The van der Waals surface area contributed by atoms with Gasteiger partial charge < -0.3 is 10.1 Å². The first-order valence-electron chi connectivity index (χ1n) is 7.45. The molecular weight excluding hydrogens is 274 g/mol. The highest BCUT2D eigenvalue weighted by atomic mass is 35.5. The number of carbonyl (C=O) groups excluding carboxylic acids is 1. The summed E-state index contributed by atoms with van der Waals surface area (Å²) in [5.41, 5.74) is 1.02. The second-order valence-corrected chi connectivity index (χ2v) is 6.25. The summed E-state index contributed by atoms with van der Waals surface area (Å²) in [6, 6.07) is 5.51. The molecule has 1 fully saturated rings. The summed E-state index contributed by atoms with van der Waals surface area (Å²) in [7, 11) is 0. The summed E-state index contributed by atoms with van der Waals surface area (Å²) in [6.07, 6.45) is 6.63. The van der Waals surface area contributed by atoms with Crippen LogP contribution in [0, 0.1) is 5.92 Å². The molecule has 3 rings (SSSR count). The lowest BCUT2D eigenvalue weighted by atomic mass is 9.89. The third kappa shape index (κ3) is 3.09. The molecule has 1 atom stereocenters. The van der Waals surface area contributed by atoms with Crippen molar-refractivity contribution in [2.75, 3.05) is 6.54 Å². The van der Waals surface area contributed by atoms with Gasteiger partial charge in [-0.3, -0.25) is 4.79 Å². The molecule has 2 aliphatic rings. The minimum Gasteiger partial charge on any atom is -0.480 e. The molecule has 0 radical (unpaired) electrons. The highest BCUT2D eigenvalue weighted by Gasteiger charge is 2.29. The largest absolute Gasteiger partial charge is 0.480 e. The van der Waals surface area contributed by atoms with Crippen LogP contribution >= 0.6 is 11.6 Å². The van der Waals surface area contributed by atoms with E-state index in [-0.39, 0.29) is 5.91 Å². The standard InChI is InChI=1S/C16H20ClNO2/c17-13-6-7-14-12(8-13)9-15(20-14)16(19)18-10-11-4-2-1-3-5-11/h6-8,11,15H,1-5,9-10H2,(H,18,19). The van der Waals surface area contributed by atoms with Gasteiger partial charge in [-0.1, -0.05) is 30.9 Å². The highest BCUT2D eigenvalue weighted by molar-refractivity contribution is 6.30. The summed E-state index contributed by atoms with van der Waals surface area (Å²) >= 11 is 5.96. The molecule has 1 saturated carbocycles. The van der Waals surface area contributed by atoms with E-state index in [9.17, 15) is 4.79 Å². The molecule has 1 amide bonds. The summed E-state index contributed by atoms with van der Waals surface area (Å²) < 4.78 is 5.69. The minimum absolute atomic E-state index is 0.00268. The molecule has 0 aromatic heterocycles. The molecule has 1 heterocycles. The molecule has 20 heavy (non-hydrogen) atoms. The number of hydrogen-bond donors (Lipinski definition) is 1. The number of fused-ring (bicyclic) bond motifs is 1. The number of nitrogens with one attached hydrogen (secondary N) is 1. The molecule has 108 valence electrons. The molecule has 0 spiro atoms. The van der Waals surface area contributed by atoms with Crippen LogP contribution in [0.2, 0.25) is 5.02 Å². The van der Waals surface area contributed by atoms with Crippen LogP contribution in [0.1, 0.15) is 37.7 Å². The molecule has 1 aliphatic heterocycles. The van der Waals surface area contributed by atoms with Gasteiger partial charge in [-0.15, -0.1) is 0 Å². The second kappa shape index (κ2) is 6.04. The number of ether oxygens (including phenoxy) is 1. The van der Waals surface area contributed by atoms with Gasteiger partial charge in [-0.25, -0.2) is 0 Å². The summed E-state index contributed by atoms with van der Waals surface area (Å²) in [5, 5.41) is 3.74. The minimum atomic E-state index is -0.396. The van der Waals surface area contributed by atoms with Crippen LogP contribution in [-0.2, 0) is 11.2 Å². The Morgan fingerprint density at radius 3 is 2.90 bits per heavy atom. The Balaban J connectivity index is 1.52. The van der Waals surface area contributed by atoms with E-state index in [1.807, 2.05) is 12.1 Å². The molecule has 1 unspecified atom stereocenters. The van der Waals surface area contributed by atoms with Gasteiger partial charge in [0.1, 0.15) is 5.75 Å². The van der Waals surface area contributed by atoms with Crippen molar-refractivity contribution in [3.8, 4) is 5.75 Å². The van der Waals surface area contributed by atoms with E-state index in [1.165, 1.54) is 32.1 Å². The van der Waals surface area contributed by atoms with Crippen LogP contribution in [0.15, 0.2) is 18.2 Å². The molecule has 4 heteroatoms. The Kier molecular flexibility index (Phi) is 4.16. The number of amides is 1. The van der Waals surface area contributed by atoms with E-state index in [4.69, 9.17) is 16.3 Å². The SMILES string of the molecule is O=C(NCC1CCCCC1)C1Cc2cc(Cl)ccc2O1. The monoisotopic (exact) mass is 293 g/mol. The smallest absolute Gasteiger partial charge is 0.261 e. The Hall–Kier alpha value is -1.22. The van der Waals surface area contributed by atoms with Gasteiger partial charge in [0, 0.05) is 18.0 Å². The first kappa shape index (κ1) is 13.7. The fourth-order valence-electron chi connectivity index (χ4n) is 3.11. The molecule has 3 nitrogen and oxygen atoms in total.